The van der Waals surface area contributed by atoms with Gasteiger partial charge in [0.05, 0.1) is 5.69 Å². The number of ketones is 1. The molecule has 0 bridgehead atoms. The molecule has 122 valence electrons. The smallest absolute Gasteiger partial charge is 0.187 e. The number of anilines is 1. The van der Waals surface area contributed by atoms with Crippen LogP contribution in [0.4, 0.5) is 5.69 Å². The molecule has 0 spiro atoms. The summed E-state index contributed by atoms with van der Waals surface area (Å²) in [6.45, 7) is 6.19. The maximum atomic E-state index is 12.8. The van der Waals surface area contributed by atoms with E-state index in [1.54, 1.807) is 12.1 Å². The molecule has 2 aromatic rings. The highest BCUT2D eigenvalue weighted by Gasteiger charge is 2.27. The maximum absolute atomic E-state index is 12.8. The van der Waals surface area contributed by atoms with Gasteiger partial charge in [0.15, 0.2) is 5.78 Å². The van der Waals surface area contributed by atoms with Gasteiger partial charge < -0.3 is 0 Å². The Labute approximate surface area is 138 Å². The Morgan fingerprint density at radius 1 is 1.04 bits per heavy atom. The summed E-state index contributed by atoms with van der Waals surface area (Å²) in [5, 5.41) is 11.9. The SMILES string of the molecule is CCC[C@H](C(=O)c1ccccc1)N(O)c1ccccc1C(C)C. The van der Waals surface area contributed by atoms with Crippen LogP contribution < -0.4 is 5.06 Å². The molecule has 23 heavy (non-hydrogen) atoms. The van der Waals surface area contributed by atoms with Gasteiger partial charge in [-0.25, -0.2) is 5.06 Å². The predicted octanol–water partition coefficient (Wildman–Crippen LogP) is 5.06. The zero-order chi connectivity index (χ0) is 16.8. The highest BCUT2D eigenvalue weighted by molar-refractivity contribution is 6.01. The molecule has 0 amide bonds. The monoisotopic (exact) mass is 311 g/mol. The van der Waals surface area contributed by atoms with E-state index in [2.05, 4.69) is 13.8 Å². The van der Waals surface area contributed by atoms with Crippen molar-refractivity contribution in [3.05, 3.63) is 65.7 Å². The molecule has 2 rings (SSSR count). The molecule has 0 aromatic heterocycles. The summed E-state index contributed by atoms with van der Waals surface area (Å²) in [4.78, 5) is 12.8. The first-order chi connectivity index (χ1) is 11.1. The van der Waals surface area contributed by atoms with E-state index >= 15 is 0 Å². The zero-order valence-corrected chi connectivity index (χ0v) is 14.1. The van der Waals surface area contributed by atoms with Crippen molar-refractivity contribution in [3.63, 3.8) is 0 Å². The zero-order valence-electron chi connectivity index (χ0n) is 14.1. The average molecular weight is 311 g/mol. The standard InChI is InChI=1S/C20H25NO2/c1-4-10-19(20(22)16-11-6-5-7-12-16)21(23)18-14-9-8-13-17(18)15(2)3/h5-9,11-15,19,23H,4,10H2,1-3H3/t19-/m1/s1. The largest absolute Gasteiger partial charge is 0.292 e. The van der Waals surface area contributed by atoms with E-state index < -0.39 is 6.04 Å². The number of hydroxylamine groups is 1. The van der Waals surface area contributed by atoms with Gasteiger partial charge in [-0.15, -0.1) is 0 Å². The van der Waals surface area contributed by atoms with E-state index in [9.17, 15) is 10.0 Å². The molecule has 1 N–H and O–H groups in total. The number of para-hydroxylation sites is 1. The van der Waals surface area contributed by atoms with Crippen LogP contribution in [-0.2, 0) is 0 Å². The first-order valence-corrected chi connectivity index (χ1v) is 8.22. The summed E-state index contributed by atoms with van der Waals surface area (Å²) in [6.07, 6.45) is 1.43. The van der Waals surface area contributed by atoms with Gasteiger partial charge in [0.2, 0.25) is 0 Å². The number of nitrogens with zero attached hydrogens (tertiary/aromatic N) is 1. The molecule has 0 heterocycles. The number of rotatable bonds is 7. The maximum Gasteiger partial charge on any atom is 0.187 e. The van der Waals surface area contributed by atoms with Crippen LogP contribution in [-0.4, -0.2) is 17.0 Å². The van der Waals surface area contributed by atoms with Crippen LogP contribution in [0.2, 0.25) is 0 Å². The predicted molar refractivity (Wildman–Crippen MR) is 94.3 cm³/mol. The van der Waals surface area contributed by atoms with Crippen molar-refractivity contribution in [1.82, 2.24) is 0 Å². The van der Waals surface area contributed by atoms with Crippen LogP contribution >= 0.6 is 0 Å². The topological polar surface area (TPSA) is 40.5 Å². The van der Waals surface area contributed by atoms with Crippen LogP contribution in [0.3, 0.4) is 0 Å². The van der Waals surface area contributed by atoms with Gasteiger partial charge in [-0.3, -0.25) is 10.0 Å². The number of hydrogen-bond acceptors (Lipinski definition) is 3. The van der Waals surface area contributed by atoms with Gasteiger partial charge in [0.25, 0.3) is 0 Å². The van der Waals surface area contributed by atoms with Crippen LogP contribution in [0.1, 0.15) is 55.5 Å². The summed E-state index contributed by atoms with van der Waals surface area (Å²) in [7, 11) is 0. The Balaban J connectivity index is 2.36. The van der Waals surface area contributed by atoms with Crippen LogP contribution in [0.25, 0.3) is 0 Å². The molecule has 1 atom stereocenters. The van der Waals surface area contributed by atoms with E-state index in [-0.39, 0.29) is 11.7 Å². The molecule has 3 heteroatoms. The van der Waals surface area contributed by atoms with Crippen LogP contribution in [0.15, 0.2) is 54.6 Å². The summed E-state index contributed by atoms with van der Waals surface area (Å²) in [5.74, 6) is 0.225. The number of carbonyl (C=O) groups excluding carboxylic acids is 1. The second kappa shape index (κ2) is 7.93. The van der Waals surface area contributed by atoms with Crippen molar-refractivity contribution >= 4 is 11.5 Å². The molecular formula is C20H25NO2. The van der Waals surface area contributed by atoms with Gasteiger partial charge in [-0.1, -0.05) is 75.7 Å². The number of Topliss-reactive ketones (excluding diaryl/α,β-unsaturated/α-hetero) is 1. The molecule has 3 nitrogen and oxygen atoms in total. The molecule has 0 radical (unpaired) electrons. The third kappa shape index (κ3) is 3.99. The second-order valence-corrected chi connectivity index (χ2v) is 6.09. The Kier molecular flexibility index (Phi) is 5.94. The molecule has 0 saturated heterocycles. The van der Waals surface area contributed by atoms with Crippen molar-refractivity contribution in [2.24, 2.45) is 0 Å². The first-order valence-electron chi connectivity index (χ1n) is 8.22. The minimum Gasteiger partial charge on any atom is -0.292 e. The van der Waals surface area contributed by atoms with Crippen LogP contribution in [0.5, 0.6) is 0 Å². The summed E-state index contributed by atoms with van der Waals surface area (Å²) < 4.78 is 0. The molecular weight excluding hydrogens is 286 g/mol. The van der Waals surface area contributed by atoms with Crippen molar-refractivity contribution < 1.29 is 10.0 Å². The minimum absolute atomic E-state index is 0.0477. The fourth-order valence-corrected chi connectivity index (χ4v) is 2.78. The van der Waals surface area contributed by atoms with E-state index in [0.29, 0.717) is 17.7 Å². The molecule has 0 saturated carbocycles. The lowest BCUT2D eigenvalue weighted by Crippen LogP contribution is -2.39. The summed E-state index contributed by atoms with van der Waals surface area (Å²) in [5.41, 5.74) is 2.38. The Morgan fingerprint density at radius 2 is 1.65 bits per heavy atom. The molecule has 0 aliphatic heterocycles. The van der Waals surface area contributed by atoms with E-state index in [1.165, 1.54) is 0 Å². The van der Waals surface area contributed by atoms with Crippen molar-refractivity contribution in [2.45, 2.75) is 45.6 Å². The Hall–Kier alpha value is -2.13. The summed E-state index contributed by atoms with van der Waals surface area (Å²) in [6, 6.07) is 16.3. The van der Waals surface area contributed by atoms with Gasteiger partial charge in [-0.05, 0) is 24.0 Å². The van der Waals surface area contributed by atoms with Gasteiger partial charge >= 0.3 is 0 Å². The molecule has 0 fully saturated rings. The second-order valence-electron chi connectivity index (χ2n) is 6.09. The molecule has 0 unspecified atom stereocenters. The lowest BCUT2D eigenvalue weighted by atomic mass is 9.97. The Morgan fingerprint density at radius 3 is 2.26 bits per heavy atom. The van der Waals surface area contributed by atoms with Gasteiger partial charge in [-0.2, -0.15) is 0 Å². The number of benzene rings is 2. The number of carbonyl (C=O) groups is 1. The Bertz CT molecular complexity index is 637. The molecule has 2 aromatic carbocycles. The third-order valence-electron chi connectivity index (χ3n) is 4.02. The van der Waals surface area contributed by atoms with Crippen molar-refractivity contribution in [3.8, 4) is 0 Å². The molecule has 0 aliphatic carbocycles. The van der Waals surface area contributed by atoms with Gasteiger partial charge in [0, 0.05) is 5.56 Å². The van der Waals surface area contributed by atoms with Gasteiger partial charge in [0.1, 0.15) is 6.04 Å². The molecule has 0 aliphatic rings. The highest BCUT2D eigenvalue weighted by atomic mass is 16.5. The quantitative estimate of drug-likeness (QED) is 0.574. The van der Waals surface area contributed by atoms with E-state index in [4.69, 9.17) is 0 Å². The van der Waals surface area contributed by atoms with Crippen LogP contribution in [0, 0.1) is 0 Å². The van der Waals surface area contributed by atoms with E-state index in [1.807, 2.05) is 49.4 Å². The third-order valence-corrected chi connectivity index (χ3v) is 4.02. The normalized spacial score (nSPS) is 12.2. The van der Waals surface area contributed by atoms with E-state index in [0.717, 1.165) is 17.0 Å². The lowest BCUT2D eigenvalue weighted by Gasteiger charge is -2.29. The summed E-state index contributed by atoms with van der Waals surface area (Å²) >= 11 is 0. The number of hydrogen-bond donors (Lipinski definition) is 1. The van der Waals surface area contributed by atoms with Crippen molar-refractivity contribution in [2.75, 3.05) is 5.06 Å². The van der Waals surface area contributed by atoms with Crippen molar-refractivity contribution in [1.29, 1.82) is 0 Å². The minimum atomic E-state index is -0.567. The average Bonchev–Trinajstić information content (AvgIpc) is 2.59. The fraction of sp³-hybridized carbons (Fsp3) is 0.350. The first kappa shape index (κ1) is 17.2. The fourth-order valence-electron chi connectivity index (χ4n) is 2.78. The highest BCUT2D eigenvalue weighted by Crippen LogP contribution is 2.29. The lowest BCUT2D eigenvalue weighted by molar-refractivity contribution is 0.0886.